The monoisotopic (exact) mass is 251 g/mol. The average Bonchev–Trinajstić information content (AvgIpc) is 3.03. The summed E-state index contributed by atoms with van der Waals surface area (Å²) >= 11 is 5.75. The number of nitrogens with two attached hydrogens (primary N) is 1. The van der Waals surface area contributed by atoms with Crippen molar-refractivity contribution in [2.24, 2.45) is 0 Å². The Morgan fingerprint density at radius 2 is 2.18 bits per heavy atom. The van der Waals surface area contributed by atoms with Crippen LogP contribution >= 0.6 is 11.6 Å². The maximum Gasteiger partial charge on any atom is 0.143 e. The number of aromatic nitrogens is 2. The van der Waals surface area contributed by atoms with Crippen molar-refractivity contribution in [2.45, 2.75) is 18.8 Å². The number of nitrogens with zero attached hydrogens (tertiary/aromatic N) is 2. The predicted octanol–water partition coefficient (Wildman–Crippen LogP) is 3.12. The Bertz CT molecular complexity index is 575. The first kappa shape index (κ1) is 10.6. The molecule has 0 spiro atoms. The first-order valence-corrected chi connectivity index (χ1v) is 5.83. The van der Waals surface area contributed by atoms with Crippen LogP contribution < -0.4 is 5.73 Å². The Balaban J connectivity index is 2.04. The minimum absolute atomic E-state index is 0.0534. The van der Waals surface area contributed by atoms with Gasteiger partial charge in [0.25, 0.3) is 0 Å². The first-order valence-electron chi connectivity index (χ1n) is 5.45. The molecular weight excluding hydrogens is 241 g/mol. The highest BCUT2D eigenvalue weighted by Gasteiger charge is 2.26. The number of hydrogen-bond donors (Lipinski definition) is 1. The zero-order chi connectivity index (χ0) is 12.0. The fourth-order valence-electron chi connectivity index (χ4n) is 1.82. The summed E-state index contributed by atoms with van der Waals surface area (Å²) in [4.78, 5) is 0. The summed E-state index contributed by atoms with van der Waals surface area (Å²) in [5.41, 5.74) is 7.77. The Hall–Kier alpha value is -1.55. The van der Waals surface area contributed by atoms with Crippen LogP contribution in [0, 0.1) is 5.82 Å². The molecular formula is C12H11ClFN3. The molecule has 17 heavy (non-hydrogen) atoms. The van der Waals surface area contributed by atoms with Gasteiger partial charge in [-0.15, -0.1) is 0 Å². The van der Waals surface area contributed by atoms with Gasteiger partial charge in [0.2, 0.25) is 0 Å². The number of halogens is 2. The Morgan fingerprint density at radius 3 is 2.88 bits per heavy atom. The topological polar surface area (TPSA) is 43.8 Å². The second-order valence-corrected chi connectivity index (χ2v) is 4.69. The van der Waals surface area contributed by atoms with Gasteiger partial charge in [-0.3, -0.25) is 0 Å². The molecule has 1 fully saturated rings. The van der Waals surface area contributed by atoms with Crippen molar-refractivity contribution >= 4 is 17.3 Å². The molecule has 2 N–H and O–H groups in total. The van der Waals surface area contributed by atoms with Gasteiger partial charge in [0.1, 0.15) is 5.82 Å². The van der Waals surface area contributed by atoms with Gasteiger partial charge < -0.3 is 5.73 Å². The number of benzene rings is 1. The van der Waals surface area contributed by atoms with E-state index in [-0.39, 0.29) is 5.02 Å². The number of hydrogen-bond acceptors (Lipinski definition) is 2. The molecule has 88 valence electrons. The van der Waals surface area contributed by atoms with Crippen LogP contribution in [0.3, 0.4) is 0 Å². The van der Waals surface area contributed by atoms with Crippen LogP contribution in [0.4, 0.5) is 10.1 Å². The van der Waals surface area contributed by atoms with E-state index in [1.165, 1.54) is 25.0 Å². The zero-order valence-electron chi connectivity index (χ0n) is 9.03. The lowest BCUT2D eigenvalue weighted by molar-refractivity contribution is 0.628. The van der Waals surface area contributed by atoms with Crippen LogP contribution in [0.5, 0.6) is 0 Å². The summed E-state index contributed by atoms with van der Waals surface area (Å²) in [6.45, 7) is 0. The largest absolute Gasteiger partial charge is 0.397 e. The third-order valence-electron chi connectivity index (χ3n) is 2.92. The molecule has 1 aromatic carbocycles. The number of anilines is 1. The summed E-state index contributed by atoms with van der Waals surface area (Å²) in [5, 5.41) is 4.48. The molecule has 3 nitrogen and oxygen atoms in total. The Kier molecular flexibility index (Phi) is 2.33. The fraction of sp³-hybridized carbons (Fsp3) is 0.250. The van der Waals surface area contributed by atoms with E-state index in [4.69, 9.17) is 17.3 Å². The molecule has 5 heteroatoms. The maximum atomic E-state index is 13.2. The van der Waals surface area contributed by atoms with E-state index in [0.717, 1.165) is 5.69 Å². The predicted molar refractivity (Wildman–Crippen MR) is 64.9 cm³/mol. The van der Waals surface area contributed by atoms with Crippen LogP contribution in [0.15, 0.2) is 24.4 Å². The van der Waals surface area contributed by atoms with Gasteiger partial charge >= 0.3 is 0 Å². The Morgan fingerprint density at radius 1 is 1.41 bits per heavy atom. The van der Waals surface area contributed by atoms with Crippen LogP contribution in [-0.4, -0.2) is 9.78 Å². The summed E-state index contributed by atoms with van der Waals surface area (Å²) < 4.78 is 14.8. The molecule has 0 bridgehead atoms. The van der Waals surface area contributed by atoms with Gasteiger partial charge in [-0.1, -0.05) is 11.6 Å². The van der Waals surface area contributed by atoms with Gasteiger partial charge in [0.15, 0.2) is 0 Å². The Labute approximate surface area is 103 Å². The molecule has 1 saturated carbocycles. The van der Waals surface area contributed by atoms with Crippen LogP contribution in [0.25, 0.3) is 5.69 Å². The molecule has 0 aliphatic heterocycles. The van der Waals surface area contributed by atoms with Crippen molar-refractivity contribution in [1.82, 2.24) is 9.78 Å². The van der Waals surface area contributed by atoms with Gasteiger partial charge in [0.05, 0.1) is 22.1 Å². The van der Waals surface area contributed by atoms with Gasteiger partial charge in [-0.2, -0.15) is 5.10 Å². The molecule has 0 saturated heterocycles. The summed E-state index contributed by atoms with van der Waals surface area (Å²) in [6.07, 6.45) is 4.21. The van der Waals surface area contributed by atoms with Crippen LogP contribution in [0.1, 0.15) is 24.5 Å². The normalized spacial score (nSPS) is 15.2. The average molecular weight is 252 g/mol. The van der Waals surface area contributed by atoms with Gasteiger partial charge in [-0.25, -0.2) is 9.07 Å². The highest BCUT2D eigenvalue weighted by atomic mass is 35.5. The molecule has 0 amide bonds. The summed E-state index contributed by atoms with van der Waals surface area (Å²) in [7, 11) is 0. The molecule has 0 unspecified atom stereocenters. The van der Waals surface area contributed by atoms with E-state index >= 15 is 0 Å². The minimum Gasteiger partial charge on any atom is -0.397 e. The van der Waals surface area contributed by atoms with Crippen molar-refractivity contribution in [3.8, 4) is 5.69 Å². The number of rotatable bonds is 2. The third kappa shape index (κ3) is 1.89. The van der Waals surface area contributed by atoms with Crippen molar-refractivity contribution in [2.75, 3.05) is 5.73 Å². The smallest absolute Gasteiger partial charge is 0.143 e. The van der Waals surface area contributed by atoms with E-state index < -0.39 is 5.82 Å². The quantitative estimate of drug-likeness (QED) is 0.834. The molecule has 2 aromatic rings. The van der Waals surface area contributed by atoms with E-state index in [9.17, 15) is 4.39 Å². The molecule has 1 aromatic heterocycles. The third-order valence-corrected chi connectivity index (χ3v) is 3.21. The first-order chi connectivity index (χ1) is 8.15. The van der Waals surface area contributed by atoms with Crippen molar-refractivity contribution in [3.05, 3.63) is 40.9 Å². The molecule has 3 rings (SSSR count). The highest BCUT2D eigenvalue weighted by Crippen LogP contribution is 2.39. The second kappa shape index (κ2) is 3.74. The molecule has 1 aliphatic rings. The zero-order valence-corrected chi connectivity index (χ0v) is 9.78. The minimum atomic E-state index is -0.512. The van der Waals surface area contributed by atoms with E-state index in [0.29, 0.717) is 17.3 Å². The van der Waals surface area contributed by atoms with Crippen molar-refractivity contribution in [3.63, 3.8) is 0 Å². The molecule has 0 atom stereocenters. The van der Waals surface area contributed by atoms with Crippen molar-refractivity contribution in [1.29, 1.82) is 0 Å². The van der Waals surface area contributed by atoms with E-state index in [2.05, 4.69) is 5.10 Å². The molecule has 1 aliphatic carbocycles. The highest BCUT2D eigenvalue weighted by molar-refractivity contribution is 6.31. The van der Waals surface area contributed by atoms with E-state index in [1.54, 1.807) is 4.68 Å². The van der Waals surface area contributed by atoms with Gasteiger partial charge in [0, 0.05) is 18.2 Å². The SMILES string of the molecule is Nc1cc(F)c(Cl)cc1-n1ccc(C2CC2)n1. The number of nitrogen functional groups attached to an aromatic ring is 1. The second-order valence-electron chi connectivity index (χ2n) is 4.28. The lowest BCUT2D eigenvalue weighted by atomic mass is 10.2. The fourth-order valence-corrected chi connectivity index (χ4v) is 1.98. The molecule has 1 heterocycles. The van der Waals surface area contributed by atoms with Crippen LogP contribution in [0.2, 0.25) is 5.02 Å². The summed E-state index contributed by atoms with van der Waals surface area (Å²) in [6, 6.07) is 4.68. The van der Waals surface area contributed by atoms with Crippen LogP contribution in [-0.2, 0) is 0 Å². The lowest BCUT2D eigenvalue weighted by Crippen LogP contribution is -2.02. The lowest BCUT2D eigenvalue weighted by Gasteiger charge is -2.06. The summed E-state index contributed by atoms with van der Waals surface area (Å²) in [5.74, 6) is 0.0656. The molecule has 0 radical (unpaired) electrons. The van der Waals surface area contributed by atoms with E-state index in [1.807, 2.05) is 12.3 Å². The van der Waals surface area contributed by atoms with Crippen molar-refractivity contribution < 1.29 is 4.39 Å². The maximum absolute atomic E-state index is 13.2. The van der Waals surface area contributed by atoms with Gasteiger partial charge in [-0.05, 0) is 25.0 Å². The standard InChI is InChI=1S/C12H11ClFN3/c13-8-5-12(10(15)6-9(8)14)17-4-3-11(16-17)7-1-2-7/h3-7H,1-2,15H2.